The fraction of sp³-hybridized carbons (Fsp3) is 0.727. The molecule has 148 valence electrons. The topological polar surface area (TPSA) is 39.7 Å². The van der Waals surface area contributed by atoms with Crippen LogP contribution in [0.1, 0.15) is 49.9 Å². The Hall–Kier alpha value is -1.46. The summed E-state index contributed by atoms with van der Waals surface area (Å²) in [7, 11) is 0. The van der Waals surface area contributed by atoms with Crippen molar-refractivity contribution in [3.8, 4) is 0 Å². The highest BCUT2D eigenvalue weighted by molar-refractivity contribution is 5.79. The Bertz CT molecular complexity index is 635. The molecule has 0 unspecified atom stereocenters. The van der Waals surface area contributed by atoms with Crippen LogP contribution in [0.4, 0.5) is 0 Å². The van der Waals surface area contributed by atoms with Crippen LogP contribution >= 0.6 is 0 Å². The summed E-state index contributed by atoms with van der Waals surface area (Å²) in [5, 5.41) is 0. The van der Waals surface area contributed by atoms with Crippen LogP contribution in [0.15, 0.2) is 18.2 Å². The molecule has 5 nitrogen and oxygen atoms in total. The van der Waals surface area contributed by atoms with Gasteiger partial charge in [0.1, 0.15) is 0 Å². The Labute approximate surface area is 163 Å². The first kappa shape index (κ1) is 18.9. The highest BCUT2D eigenvalue weighted by Gasteiger charge is 2.34. The van der Waals surface area contributed by atoms with Gasteiger partial charge in [-0.15, -0.1) is 0 Å². The molecule has 1 aromatic rings. The summed E-state index contributed by atoms with van der Waals surface area (Å²) in [6.45, 7) is 9.44. The van der Waals surface area contributed by atoms with Gasteiger partial charge >= 0.3 is 0 Å². The lowest BCUT2D eigenvalue weighted by molar-refractivity contribution is -0.136. The monoisotopic (exact) mass is 370 g/mol. The lowest BCUT2D eigenvalue weighted by Gasteiger charge is -2.42. The summed E-state index contributed by atoms with van der Waals surface area (Å²) in [5.41, 5.74) is 2.28. The molecule has 3 aliphatic heterocycles. The number of hydrogen-bond acceptors (Lipinski definition) is 4. The zero-order valence-electron chi connectivity index (χ0n) is 16.8. The van der Waals surface area contributed by atoms with Gasteiger partial charge < -0.3 is 4.90 Å². The van der Waals surface area contributed by atoms with Crippen molar-refractivity contribution in [2.45, 2.75) is 58.0 Å². The maximum Gasteiger partial charge on any atom is 0.226 e. The van der Waals surface area contributed by atoms with E-state index in [-0.39, 0.29) is 5.92 Å². The molecule has 27 heavy (non-hydrogen) atoms. The molecule has 0 spiro atoms. The van der Waals surface area contributed by atoms with E-state index in [4.69, 9.17) is 0 Å². The number of hydrogen-bond donors (Lipinski definition) is 0. The van der Waals surface area contributed by atoms with E-state index < -0.39 is 0 Å². The van der Waals surface area contributed by atoms with E-state index in [1.807, 2.05) is 0 Å². The number of aromatic nitrogens is 1. The van der Waals surface area contributed by atoms with Gasteiger partial charge in [-0.1, -0.05) is 6.07 Å². The summed E-state index contributed by atoms with van der Waals surface area (Å²) in [6, 6.07) is 6.96. The zero-order chi connectivity index (χ0) is 18.6. The van der Waals surface area contributed by atoms with E-state index in [0.717, 1.165) is 51.4 Å². The van der Waals surface area contributed by atoms with Gasteiger partial charge in [0, 0.05) is 51.0 Å². The van der Waals surface area contributed by atoms with Crippen LogP contribution in [-0.4, -0.2) is 70.9 Å². The number of carbonyl (C=O) groups is 1. The zero-order valence-corrected chi connectivity index (χ0v) is 16.8. The van der Waals surface area contributed by atoms with Gasteiger partial charge in [-0.25, -0.2) is 0 Å². The molecule has 3 aliphatic rings. The molecule has 1 amide bonds. The molecule has 4 rings (SSSR count). The molecular weight excluding hydrogens is 336 g/mol. The minimum Gasteiger partial charge on any atom is -0.342 e. The summed E-state index contributed by atoms with van der Waals surface area (Å²) in [6.07, 6.45) is 7.08. The predicted octanol–water partition coefficient (Wildman–Crippen LogP) is 2.69. The smallest absolute Gasteiger partial charge is 0.226 e. The van der Waals surface area contributed by atoms with Crippen LogP contribution in [0.5, 0.6) is 0 Å². The number of piperidine rings is 2. The number of carbonyl (C=O) groups excluding carboxylic acids is 1. The average molecular weight is 371 g/mol. The largest absolute Gasteiger partial charge is 0.342 e. The first-order valence-corrected chi connectivity index (χ1v) is 10.9. The molecule has 0 N–H and O–H groups in total. The molecule has 0 aliphatic carbocycles. The van der Waals surface area contributed by atoms with Crippen LogP contribution in [0.2, 0.25) is 0 Å². The van der Waals surface area contributed by atoms with Crippen molar-refractivity contribution in [1.29, 1.82) is 0 Å². The summed E-state index contributed by atoms with van der Waals surface area (Å²) < 4.78 is 0. The third-order valence-corrected chi connectivity index (χ3v) is 6.62. The summed E-state index contributed by atoms with van der Waals surface area (Å²) in [5.74, 6) is 0.673. The van der Waals surface area contributed by atoms with E-state index in [1.165, 1.54) is 44.3 Å². The Morgan fingerprint density at radius 1 is 1.04 bits per heavy atom. The number of pyridine rings is 1. The van der Waals surface area contributed by atoms with E-state index in [2.05, 4.69) is 44.8 Å². The molecular formula is C22H34N4O. The number of aryl methyl sites for hydroxylation is 1. The Morgan fingerprint density at radius 2 is 1.81 bits per heavy atom. The van der Waals surface area contributed by atoms with E-state index in [1.54, 1.807) is 0 Å². The van der Waals surface area contributed by atoms with Crippen LogP contribution in [-0.2, 0) is 11.3 Å². The van der Waals surface area contributed by atoms with Crippen molar-refractivity contribution >= 4 is 5.91 Å². The average Bonchev–Trinajstić information content (AvgIpc) is 3.23. The maximum atomic E-state index is 12.8. The maximum absolute atomic E-state index is 12.8. The van der Waals surface area contributed by atoms with Crippen molar-refractivity contribution in [3.63, 3.8) is 0 Å². The number of rotatable bonds is 4. The van der Waals surface area contributed by atoms with Gasteiger partial charge in [-0.05, 0) is 64.1 Å². The molecule has 5 heteroatoms. The quantitative estimate of drug-likeness (QED) is 0.817. The standard InChI is InChI=1S/C22H34N4O/c1-18-6-4-8-20(23-18)17-24-14-9-21(10-15-24)26-13-5-7-19(16-26)22(27)25-11-2-3-12-25/h4,6,8,19,21H,2-3,5,7,9-17H2,1H3/t19-/m1/s1. The fourth-order valence-electron chi connectivity index (χ4n) is 5.09. The minimum atomic E-state index is 0.242. The molecule has 0 bridgehead atoms. The second-order valence-corrected chi connectivity index (χ2v) is 8.64. The van der Waals surface area contributed by atoms with Gasteiger partial charge in [0.15, 0.2) is 0 Å². The van der Waals surface area contributed by atoms with Crippen molar-refractivity contribution in [3.05, 3.63) is 29.6 Å². The summed E-state index contributed by atoms with van der Waals surface area (Å²) in [4.78, 5) is 24.7. The number of likely N-dealkylation sites (tertiary alicyclic amines) is 3. The van der Waals surface area contributed by atoms with Crippen LogP contribution in [0, 0.1) is 12.8 Å². The van der Waals surface area contributed by atoms with Crippen LogP contribution < -0.4 is 0 Å². The normalized spacial score (nSPS) is 25.8. The van der Waals surface area contributed by atoms with Crippen LogP contribution in [0.25, 0.3) is 0 Å². The molecule has 3 saturated heterocycles. The van der Waals surface area contributed by atoms with Gasteiger partial charge in [0.05, 0.1) is 11.6 Å². The molecule has 0 aromatic carbocycles. The third-order valence-electron chi connectivity index (χ3n) is 6.62. The molecule has 0 saturated carbocycles. The van der Waals surface area contributed by atoms with Crippen molar-refractivity contribution in [2.75, 3.05) is 39.3 Å². The van der Waals surface area contributed by atoms with Gasteiger partial charge in [0.25, 0.3) is 0 Å². The lowest BCUT2D eigenvalue weighted by Crippen LogP contribution is -2.51. The van der Waals surface area contributed by atoms with Crippen molar-refractivity contribution in [1.82, 2.24) is 19.7 Å². The van der Waals surface area contributed by atoms with Gasteiger partial charge in [-0.3, -0.25) is 19.6 Å². The first-order valence-electron chi connectivity index (χ1n) is 10.9. The Balaban J connectivity index is 1.27. The molecule has 1 atom stereocenters. The van der Waals surface area contributed by atoms with Gasteiger partial charge in [-0.2, -0.15) is 0 Å². The number of amides is 1. The predicted molar refractivity (Wildman–Crippen MR) is 107 cm³/mol. The van der Waals surface area contributed by atoms with E-state index in [0.29, 0.717) is 11.9 Å². The Morgan fingerprint density at radius 3 is 2.56 bits per heavy atom. The number of nitrogens with zero attached hydrogens (tertiary/aromatic N) is 4. The molecule has 0 radical (unpaired) electrons. The third kappa shape index (κ3) is 4.69. The fourth-order valence-corrected chi connectivity index (χ4v) is 5.09. The van der Waals surface area contributed by atoms with E-state index in [9.17, 15) is 4.79 Å². The lowest BCUT2D eigenvalue weighted by atomic mass is 9.93. The van der Waals surface area contributed by atoms with E-state index >= 15 is 0 Å². The summed E-state index contributed by atoms with van der Waals surface area (Å²) >= 11 is 0. The van der Waals surface area contributed by atoms with Crippen molar-refractivity contribution < 1.29 is 4.79 Å². The SMILES string of the molecule is Cc1cccc(CN2CCC(N3CCC[C@@H](C(=O)N4CCCC4)C3)CC2)n1. The highest BCUT2D eigenvalue weighted by atomic mass is 16.2. The minimum absolute atomic E-state index is 0.242. The molecule has 4 heterocycles. The van der Waals surface area contributed by atoms with Gasteiger partial charge in [0.2, 0.25) is 5.91 Å². The van der Waals surface area contributed by atoms with Crippen LogP contribution in [0.3, 0.4) is 0 Å². The molecule has 1 aromatic heterocycles. The first-order chi connectivity index (χ1) is 13.2. The molecule has 3 fully saturated rings. The van der Waals surface area contributed by atoms with Crippen molar-refractivity contribution in [2.24, 2.45) is 5.92 Å². The second-order valence-electron chi connectivity index (χ2n) is 8.64. The Kier molecular flexibility index (Phi) is 6.08. The highest BCUT2D eigenvalue weighted by Crippen LogP contribution is 2.26. The second kappa shape index (κ2) is 8.70.